The van der Waals surface area contributed by atoms with Gasteiger partial charge in [0, 0.05) is 39.0 Å². The van der Waals surface area contributed by atoms with Crippen molar-refractivity contribution in [1.82, 2.24) is 9.80 Å². The molecule has 0 saturated carbocycles. The van der Waals surface area contributed by atoms with Crippen LogP contribution in [0.2, 0.25) is 0 Å². The third-order valence-corrected chi connectivity index (χ3v) is 12.3. The average molecular weight is 803 g/mol. The van der Waals surface area contributed by atoms with Gasteiger partial charge in [0.05, 0.1) is 60.3 Å². The number of esters is 1. The molecule has 0 bridgehead atoms. The second kappa shape index (κ2) is 22.0. The van der Waals surface area contributed by atoms with Crippen LogP contribution < -0.4 is 0 Å². The van der Waals surface area contributed by atoms with Crippen LogP contribution in [-0.4, -0.2) is 160 Å². The summed E-state index contributed by atoms with van der Waals surface area (Å²) in [7, 11) is 5.41. The van der Waals surface area contributed by atoms with Crippen LogP contribution in [0.1, 0.15) is 127 Å². The topological polar surface area (TPSA) is 185 Å². The van der Waals surface area contributed by atoms with Gasteiger partial charge in [-0.15, -0.1) is 0 Å². The van der Waals surface area contributed by atoms with Gasteiger partial charge >= 0.3 is 11.9 Å². The van der Waals surface area contributed by atoms with Crippen molar-refractivity contribution in [3.8, 4) is 0 Å². The zero-order valence-corrected chi connectivity index (χ0v) is 36.8. The zero-order valence-electron chi connectivity index (χ0n) is 36.8. The summed E-state index contributed by atoms with van der Waals surface area (Å²) in [5, 5.41) is 43.2. The van der Waals surface area contributed by atoms with Crippen molar-refractivity contribution in [2.45, 2.75) is 199 Å². The molecule has 2 rings (SSSR count). The molecule has 0 aromatic heterocycles. The fraction of sp³-hybridized carbons (Fsp3) is 0.929. The summed E-state index contributed by atoms with van der Waals surface area (Å²) in [5.41, 5.74) is -3.51. The lowest BCUT2D eigenvalue weighted by Gasteiger charge is -2.43. The molecule has 0 aliphatic carbocycles. The fourth-order valence-electron chi connectivity index (χ4n) is 8.58. The molecule has 4 N–H and O–H groups in total. The smallest absolute Gasteiger partial charge is 0.309 e. The van der Waals surface area contributed by atoms with E-state index >= 15 is 0 Å². The number of methoxy groups -OCH3 is 1. The van der Waals surface area contributed by atoms with Gasteiger partial charge < -0.3 is 49.0 Å². The standard InChI is InChI=1S/C42H78N2O12/c1-14-35(56-39(49)27(3)19-32-23-40(8,52-13)22-29(5)54-32)42(10,51)38(48)30(6)44(12)24-26(2)21-41(9,50)31(7)53-25-34-37(47)33(20-28(4)55-34)43(11)18-16-15-17-36(45)46/h26-35,37,47,50-51H,14-25H2,1-13H3,(H,45,46)/t26-,27-,28-,29+,30-,31-,32?,33+,34+,35-,37-,40+,41-,42-/m1/s1. The molecule has 14 heteroatoms. The van der Waals surface area contributed by atoms with Gasteiger partial charge in [-0.05, 0) is 114 Å². The van der Waals surface area contributed by atoms with Crippen LogP contribution in [0.15, 0.2) is 0 Å². The van der Waals surface area contributed by atoms with Gasteiger partial charge in [0.2, 0.25) is 0 Å². The highest BCUT2D eigenvalue weighted by atomic mass is 16.6. The molecule has 14 atom stereocenters. The van der Waals surface area contributed by atoms with Gasteiger partial charge in [-0.3, -0.25) is 19.3 Å². The summed E-state index contributed by atoms with van der Waals surface area (Å²) in [6.07, 6.45) is 1.13. The number of nitrogens with zero attached hydrogens (tertiary/aromatic N) is 2. The molecule has 2 fully saturated rings. The summed E-state index contributed by atoms with van der Waals surface area (Å²) in [4.78, 5) is 41.8. The number of ketones is 1. The number of carbonyl (C=O) groups is 3. The number of carboxylic acid groups (broad SMARTS) is 1. The SMILES string of the molecule is CC[C@@H](OC(=O)[C@H](C)CC1C[C@@](C)(OC)C[C@H](C)O1)[C@@](C)(O)C(=O)[C@@H](C)N(C)C[C@H](C)C[C@@](C)(O)[C@@H](C)OC[C@@H]1O[C@H](C)C[C@H](N(C)CCCCC(=O)O)[C@H]1O. The predicted molar refractivity (Wildman–Crippen MR) is 213 cm³/mol. The van der Waals surface area contributed by atoms with E-state index in [9.17, 15) is 29.7 Å². The van der Waals surface area contributed by atoms with Gasteiger partial charge in [0.15, 0.2) is 11.4 Å². The van der Waals surface area contributed by atoms with E-state index in [1.54, 1.807) is 48.8 Å². The first-order chi connectivity index (χ1) is 25.9. The number of carboxylic acids is 1. The summed E-state index contributed by atoms with van der Waals surface area (Å²) in [6, 6.07) is -0.883. The first-order valence-electron chi connectivity index (χ1n) is 20.8. The molecule has 2 aliphatic heterocycles. The lowest BCUT2D eigenvalue weighted by atomic mass is 9.85. The summed E-state index contributed by atoms with van der Waals surface area (Å²) < 4.78 is 29.8. The Morgan fingerprint density at radius 3 is 2.23 bits per heavy atom. The van der Waals surface area contributed by atoms with E-state index in [1.165, 1.54) is 6.92 Å². The molecule has 0 aromatic carbocycles. The van der Waals surface area contributed by atoms with Crippen LogP contribution in [0, 0.1) is 11.8 Å². The highest BCUT2D eigenvalue weighted by Crippen LogP contribution is 2.35. The van der Waals surface area contributed by atoms with Crippen molar-refractivity contribution in [2.75, 3.05) is 40.9 Å². The van der Waals surface area contributed by atoms with E-state index in [4.69, 9.17) is 28.8 Å². The number of likely N-dealkylation sites (N-methyl/N-ethyl adjacent to an activating group) is 2. The molecule has 0 amide bonds. The minimum Gasteiger partial charge on any atom is -0.481 e. The van der Waals surface area contributed by atoms with Crippen LogP contribution in [0.3, 0.4) is 0 Å². The lowest BCUT2D eigenvalue weighted by Crippen LogP contribution is -2.56. The number of ether oxygens (including phenoxy) is 5. The second-order valence-corrected chi connectivity index (χ2v) is 18.0. The molecule has 2 aliphatic rings. The molecule has 56 heavy (non-hydrogen) atoms. The summed E-state index contributed by atoms with van der Waals surface area (Å²) in [5.74, 6) is -2.36. The Labute approximate surface area is 336 Å². The number of hydrogen-bond donors (Lipinski definition) is 4. The van der Waals surface area contributed by atoms with Crippen LogP contribution in [-0.2, 0) is 38.1 Å². The molecule has 0 aromatic rings. The van der Waals surface area contributed by atoms with Gasteiger partial charge in [-0.25, -0.2) is 0 Å². The third kappa shape index (κ3) is 14.8. The Morgan fingerprint density at radius 2 is 1.64 bits per heavy atom. The van der Waals surface area contributed by atoms with E-state index in [1.807, 2.05) is 39.6 Å². The van der Waals surface area contributed by atoms with Gasteiger partial charge in [-0.2, -0.15) is 0 Å². The van der Waals surface area contributed by atoms with Crippen molar-refractivity contribution in [3.63, 3.8) is 0 Å². The first kappa shape index (κ1) is 50.4. The Bertz CT molecular complexity index is 1230. The highest BCUT2D eigenvalue weighted by Gasteiger charge is 2.46. The van der Waals surface area contributed by atoms with Gasteiger partial charge in [-0.1, -0.05) is 20.8 Å². The number of aliphatic carboxylic acids is 1. The van der Waals surface area contributed by atoms with E-state index in [2.05, 4.69) is 4.90 Å². The predicted octanol–water partition coefficient (Wildman–Crippen LogP) is 4.22. The van der Waals surface area contributed by atoms with Gasteiger partial charge in [0.1, 0.15) is 12.2 Å². The van der Waals surface area contributed by atoms with E-state index in [0.29, 0.717) is 51.6 Å². The Balaban J connectivity index is 1.92. The molecule has 2 saturated heterocycles. The monoisotopic (exact) mass is 803 g/mol. The largest absolute Gasteiger partial charge is 0.481 e. The maximum absolute atomic E-state index is 13.8. The van der Waals surface area contributed by atoms with Crippen LogP contribution >= 0.6 is 0 Å². The Morgan fingerprint density at radius 1 is 1.00 bits per heavy atom. The minimum absolute atomic E-state index is 0.00835. The molecule has 1 unspecified atom stereocenters. The molecular formula is C42H78N2O12. The number of Topliss-reactive ketones (excluding diaryl/α,β-unsaturated/α-hetero) is 1. The first-order valence-corrected chi connectivity index (χ1v) is 20.8. The minimum atomic E-state index is -1.93. The quantitative estimate of drug-likeness (QED) is 0.0804. The lowest BCUT2D eigenvalue weighted by molar-refractivity contribution is -0.186. The maximum atomic E-state index is 13.8. The molecule has 0 radical (unpaired) electrons. The zero-order chi connectivity index (χ0) is 42.8. The molecule has 328 valence electrons. The number of rotatable bonds is 24. The molecule has 14 nitrogen and oxygen atoms in total. The molecule has 2 heterocycles. The third-order valence-electron chi connectivity index (χ3n) is 12.3. The number of hydrogen-bond acceptors (Lipinski definition) is 13. The van der Waals surface area contributed by atoms with Crippen LogP contribution in [0.4, 0.5) is 0 Å². The van der Waals surface area contributed by atoms with Crippen molar-refractivity contribution < 1.29 is 58.5 Å². The maximum Gasteiger partial charge on any atom is 0.309 e. The second-order valence-electron chi connectivity index (χ2n) is 18.0. The summed E-state index contributed by atoms with van der Waals surface area (Å²) in [6.45, 7) is 19.3. The number of aliphatic hydroxyl groups excluding tert-OH is 1. The van der Waals surface area contributed by atoms with Crippen LogP contribution in [0.5, 0.6) is 0 Å². The van der Waals surface area contributed by atoms with Crippen molar-refractivity contribution >= 4 is 17.7 Å². The Hall–Kier alpha value is -1.75. The van der Waals surface area contributed by atoms with E-state index < -0.39 is 65.3 Å². The number of unbranched alkanes of at least 4 members (excludes halogenated alkanes) is 1. The number of carbonyl (C=O) groups excluding carboxylic acids is 2. The van der Waals surface area contributed by atoms with Crippen LogP contribution in [0.25, 0.3) is 0 Å². The highest BCUT2D eigenvalue weighted by molar-refractivity contribution is 5.92. The molecular weight excluding hydrogens is 724 g/mol. The normalized spacial score (nSPS) is 30.8. The fourth-order valence-corrected chi connectivity index (χ4v) is 8.58. The van der Waals surface area contributed by atoms with E-state index in [-0.39, 0.29) is 55.3 Å². The number of aliphatic hydroxyl groups is 3. The average Bonchev–Trinajstić information content (AvgIpc) is 3.10. The Kier molecular flexibility index (Phi) is 19.8. The van der Waals surface area contributed by atoms with Crippen molar-refractivity contribution in [3.05, 3.63) is 0 Å². The van der Waals surface area contributed by atoms with Crippen molar-refractivity contribution in [1.29, 1.82) is 0 Å². The summed E-state index contributed by atoms with van der Waals surface area (Å²) >= 11 is 0. The molecule has 0 spiro atoms. The van der Waals surface area contributed by atoms with Gasteiger partial charge in [0.25, 0.3) is 0 Å². The van der Waals surface area contributed by atoms with E-state index in [0.717, 1.165) is 6.42 Å². The van der Waals surface area contributed by atoms with Crippen molar-refractivity contribution in [2.24, 2.45) is 11.8 Å².